The molecular weight excluding hydrogens is 366 g/mol. The zero-order valence-electron chi connectivity index (χ0n) is 17.1. The van der Waals surface area contributed by atoms with E-state index in [0.29, 0.717) is 18.5 Å². The number of carbonyl (C=O) groups is 2. The molecule has 0 bridgehead atoms. The highest BCUT2D eigenvalue weighted by Gasteiger charge is 2.25. The van der Waals surface area contributed by atoms with Crippen molar-refractivity contribution in [3.05, 3.63) is 71.3 Å². The number of carboxylic acid groups (broad SMARTS) is 1. The van der Waals surface area contributed by atoms with E-state index in [1.807, 2.05) is 51.1 Å². The number of aromatic nitrogens is 3. The van der Waals surface area contributed by atoms with Crippen molar-refractivity contribution >= 4 is 11.8 Å². The highest BCUT2D eigenvalue weighted by molar-refractivity contribution is 5.96. The van der Waals surface area contributed by atoms with E-state index >= 15 is 0 Å². The van der Waals surface area contributed by atoms with Crippen molar-refractivity contribution < 1.29 is 14.7 Å². The predicted octanol–water partition coefficient (Wildman–Crippen LogP) is 4.58. The van der Waals surface area contributed by atoms with Crippen LogP contribution in [0, 0.1) is 0 Å². The molecule has 2 aromatic carbocycles. The fourth-order valence-electron chi connectivity index (χ4n) is 3.17. The van der Waals surface area contributed by atoms with Crippen LogP contribution in [0.5, 0.6) is 0 Å². The highest BCUT2D eigenvalue weighted by Crippen LogP contribution is 2.25. The van der Waals surface area contributed by atoms with Gasteiger partial charge in [-0.15, -0.1) is 5.10 Å². The van der Waals surface area contributed by atoms with Gasteiger partial charge in [-0.2, -0.15) is 0 Å². The number of benzene rings is 2. The first-order valence-corrected chi connectivity index (χ1v) is 9.61. The molecule has 1 N–H and O–H groups in total. The first kappa shape index (κ1) is 20.5. The van der Waals surface area contributed by atoms with Crippen LogP contribution in [0.3, 0.4) is 0 Å². The fourth-order valence-corrected chi connectivity index (χ4v) is 3.17. The van der Waals surface area contributed by atoms with Gasteiger partial charge in [0, 0.05) is 11.8 Å². The Morgan fingerprint density at radius 2 is 1.69 bits per heavy atom. The van der Waals surface area contributed by atoms with Gasteiger partial charge in [0.15, 0.2) is 0 Å². The van der Waals surface area contributed by atoms with Gasteiger partial charge in [-0.3, -0.25) is 4.79 Å². The van der Waals surface area contributed by atoms with Gasteiger partial charge in [-0.25, -0.2) is 14.5 Å². The summed E-state index contributed by atoms with van der Waals surface area (Å²) in [5.41, 5.74) is 2.53. The lowest BCUT2D eigenvalue weighted by Crippen LogP contribution is -2.20. The third-order valence-corrected chi connectivity index (χ3v) is 4.67. The minimum Gasteiger partial charge on any atom is -0.478 e. The predicted molar refractivity (Wildman–Crippen MR) is 111 cm³/mol. The minimum absolute atomic E-state index is 0.0742. The second-order valence-electron chi connectivity index (χ2n) is 7.99. The number of Topliss-reactive ketones (excluding diaryl/α,β-unsaturated/α-hetero) is 1. The maximum atomic E-state index is 12.1. The van der Waals surface area contributed by atoms with Gasteiger partial charge in [0.1, 0.15) is 5.82 Å². The van der Waals surface area contributed by atoms with Crippen LogP contribution in [0.2, 0.25) is 0 Å². The number of hydrogen-bond acceptors (Lipinski definition) is 4. The summed E-state index contributed by atoms with van der Waals surface area (Å²) in [5, 5.41) is 13.8. The fraction of sp³-hybridized carbons (Fsp3) is 0.304. The number of nitrogens with zero attached hydrogens (tertiary/aromatic N) is 3. The van der Waals surface area contributed by atoms with E-state index in [1.54, 1.807) is 29.8 Å². The Labute approximate surface area is 170 Å². The number of hydrogen-bond donors (Lipinski definition) is 1. The van der Waals surface area contributed by atoms with Crippen LogP contribution in [0.15, 0.2) is 48.5 Å². The maximum absolute atomic E-state index is 12.1. The normalized spacial score (nSPS) is 11.4. The summed E-state index contributed by atoms with van der Waals surface area (Å²) in [6, 6.07) is 14.7. The second-order valence-corrected chi connectivity index (χ2v) is 7.99. The molecule has 0 atom stereocenters. The lowest BCUT2D eigenvalue weighted by Gasteiger charge is -2.18. The average Bonchev–Trinajstić information content (AvgIpc) is 3.12. The summed E-state index contributed by atoms with van der Waals surface area (Å²) in [6.45, 7) is 8.41. The molecule has 0 aliphatic carbocycles. The van der Waals surface area contributed by atoms with E-state index in [2.05, 4.69) is 10.1 Å². The molecule has 0 fully saturated rings. The van der Waals surface area contributed by atoms with E-state index < -0.39 is 5.97 Å². The molecule has 3 aromatic rings. The summed E-state index contributed by atoms with van der Waals surface area (Å²) in [4.78, 5) is 28.0. The molecule has 0 radical (unpaired) electrons. The molecule has 0 amide bonds. The van der Waals surface area contributed by atoms with Gasteiger partial charge in [0.05, 0.1) is 12.1 Å². The van der Waals surface area contributed by atoms with Crippen molar-refractivity contribution in [1.29, 1.82) is 0 Å². The Bertz CT molecular complexity index is 1040. The summed E-state index contributed by atoms with van der Waals surface area (Å²) in [6.07, 6.45) is 0.366. The zero-order chi connectivity index (χ0) is 21.2. The van der Waals surface area contributed by atoms with Gasteiger partial charge in [-0.05, 0) is 22.8 Å². The van der Waals surface area contributed by atoms with Crippen molar-refractivity contribution in [3.63, 3.8) is 0 Å². The molecule has 0 saturated heterocycles. The van der Waals surface area contributed by atoms with E-state index in [9.17, 15) is 14.7 Å². The first-order chi connectivity index (χ1) is 13.7. The van der Waals surface area contributed by atoms with E-state index in [0.717, 1.165) is 17.0 Å². The molecule has 1 heterocycles. The van der Waals surface area contributed by atoms with Crippen LogP contribution in [0.1, 0.15) is 66.5 Å². The molecule has 6 nitrogen and oxygen atoms in total. The summed E-state index contributed by atoms with van der Waals surface area (Å²) < 4.78 is 1.78. The molecule has 0 saturated carbocycles. The second kappa shape index (κ2) is 7.99. The van der Waals surface area contributed by atoms with Crippen molar-refractivity contribution in [2.45, 2.75) is 46.1 Å². The summed E-state index contributed by atoms with van der Waals surface area (Å²) >= 11 is 0. The van der Waals surface area contributed by atoms with Crippen LogP contribution in [-0.2, 0) is 12.0 Å². The van der Waals surface area contributed by atoms with Crippen LogP contribution in [-0.4, -0.2) is 31.6 Å². The van der Waals surface area contributed by atoms with Crippen LogP contribution < -0.4 is 0 Å². The lowest BCUT2D eigenvalue weighted by atomic mass is 9.95. The van der Waals surface area contributed by atoms with Crippen molar-refractivity contribution in [2.24, 2.45) is 0 Å². The van der Waals surface area contributed by atoms with Crippen molar-refractivity contribution in [2.75, 3.05) is 0 Å². The number of carboxylic acids is 1. The molecule has 0 aliphatic heterocycles. The summed E-state index contributed by atoms with van der Waals surface area (Å²) in [5.74, 6) is -0.0101. The Hall–Kier alpha value is -3.28. The number of ketones is 1. The standard InChI is InChI=1S/C23H25N3O3/c1-5-19(27)20-24-22(23(2,3)4)26(25-20)14-15-10-12-16(13-11-15)17-8-6-7-9-18(17)21(28)29/h6-13H,5,14H2,1-4H3,(H,28,29). The highest BCUT2D eigenvalue weighted by atomic mass is 16.4. The topological polar surface area (TPSA) is 85.1 Å². The van der Waals surface area contributed by atoms with Gasteiger partial charge in [0.25, 0.3) is 0 Å². The Kier molecular flexibility index (Phi) is 5.64. The zero-order valence-corrected chi connectivity index (χ0v) is 17.1. The van der Waals surface area contributed by atoms with Gasteiger partial charge in [0.2, 0.25) is 11.6 Å². The maximum Gasteiger partial charge on any atom is 0.336 e. The molecule has 1 aromatic heterocycles. The van der Waals surface area contributed by atoms with E-state index in [4.69, 9.17) is 0 Å². The van der Waals surface area contributed by atoms with E-state index in [-0.39, 0.29) is 22.6 Å². The Balaban J connectivity index is 1.92. The van der Waals surface area contributed by atoms with Crippen LogP contribution >= 0.6 is 0 Å². The van der Waals surface area contributed by atoms with Crippen LogP contribution in [0.4, 0.5) is 0 Å². The number of aromatic carboxylic acids is 1. The summed E-state index contributed by atoms with van der Waals surface area (Å²) in [7, 11) is 0. The molecule has 29 heavy (non-hydrogen) atoms. The first-order valence-electron chi connectivity index (χ1n) is 9.61. The molecule has 0 aliphatic rings. The van der Waals surface area contributed by atoms with Gasteiger partial charge < -0.3 is 5.11 Å². The Morgan fingerprint density at radius 1 is 1.03 bits per heavy atom. The molecule has 0 unspecified atom stereocenters. The largest absolute Gasteiger partial charge is 0.478 e. The molecule has 3 rings (SSSR count). The third kappa shape index (κ3) is 4.42. The van der Waals surface area contributed by atoms with Gasteiger partial charge in [-0.1, -0.05) is 70.2 Å². The molecule has 6 heteroatoms. The molecular formula is C23H25N3O3. The van der Waals surface area contributed by atoms with Crippen molar-refractivity contribution in [3.8, 4) is 11.1 Å². The average molecular weight is 391 g/mol. The van der Waals surface area contributed by atoms with Crippen LogP contribution in [0.25, 0.3) is 11.1 Å². The molecule has 150 valence electrons. The number of rotatable bonds is 6. The lowest BCUT2D eigenvalue weighted by molar-refractivity contribution is 0.0697. The van der Waals surface area contributed by atoms with Gasteiger partial charge >= 0.3 is 5.97 Å². The SMILES string of the molecule is CCC(=O)c1nc(C(C)(C)C)n(Cc2ccc(-c3ccccc3C(=O)O)cc2)n1. The van der Waals surface area contributed by atoms with Crippen molar-refractivity contribution in [1.82, 2.24) is 14.8 Å². The molecule has 0 spiro atoms. The van der Waals surface area contributed by atoms with E-state index in [1.165, 1.54) is 0 Å². The Morgan fingerprint density at radius 3 is 2.28 bits per heavy atom. The quantitative estimate of drug-likeness (QED) is 0.622. The number of carbonyl (C=O) groups excluding carboxylic acids is 1. The monoisotopic (exact) mass is 391 g/mol. The smallest absolute Gasteiger partial charge is 0.336 e. The minimum atomic E-state index is -0.949. The third-order valence-electron chi connectivity index (χ3n) is 4.67.